The molecule has 1 aliphatic rings. The maximum atomic E-state index is 11.6. The first-order valence-corrected chi connectivity index (χ1v) is 5.20. The van der Waals surface area contributed by atoms with E-state index in [2.05, 4.69) is 0 Å². The summed E-state index contributed by atoms with van der Waals surface area (Å²) in [6.07, 6.45) is 2.12. The maximum absolute atomic E-state index is 11.6. The average molecular weight is 212 g/mol. The van der Waals surface area contributed by atoms with Crippen molar-refractivity contribution in [3.05, 3.63) is 11.8 Å². The van der Waals surface area contributed by atoms with Crippen LogP contribution in [-0.2, 0) is 14.3 Å². The number of ketones is 1. The Morgan fingerprint density at radius 3 is 2.80 bits per heavy atom. The van der Waals surface area contributed by atoms with Gasteiger partial charge in [-0.15, -0.1) is 0 Å². The Balaban J connectivity index is 2.86. The monoisotopic (exact) mass is 212 g/mol. The molecule has 0 saturated heterocycles. The maximum Gasteiger partial charge on any atom is 0.316 e. The van der Waals surface area contributed by atoms with E-state index < -0.39 is 11.9 Å². The normalized spacial score (nSPS) is 26.0. The zero-order chi connectivity index (χ0) is 11.4. The molecule has 1 rings (SSSR count). The molecule has 0 amide bonds. The number of aliphatic hydroxyl groups excluding tert-OH is 1. The SMILES string of the molecule is CCOC(=O)C1C(O)=CC(=O)CC1CC. The van der Waals surface area contributed by atoms with E-state index in [0.29, 0.717) is 12.8 Å². The summed E-state index contributed by atoms with van der Waals surface area (Å²) in [7, 11) is 0. The zero-order valence-corrected chi connectivity index (χ0v) is 9.03. The smallest absolute Gasteiger partial charge is 0.316 e. The molecule has 0 heterocycles. The van der Waals surface area contributed by atoms with Gasteiger partial charge in [-0.2, -0.15) is 0 Å². The molecule has 0 spiro atoms. The van der Waals surface area contributed by atoms with Crippen LogP contribution in [0.1, 0.15) is 26.7 Å². The van der Waals surface area contributed by atoms with Crippen molar-refractivity contribution in [1.82, 2.24) is 0 Å². The van der Waals surface area contributed by atoms with Crippen LogP contribution in [0.4, 0.5) is 0 Å². The summed E-state index contributed by atoms with van der Waals surface area (Å²) in [5, 5.41) is 9.58. The van der Waals surface area contributed by atoms with Crippen LogP contribution in [0.5, 0.6) is 0 Å². The van der Waals surface area contributed by atoms with Crippen molar-refractivity contribution in [1.29, 1.82) is 0 Å². The summed E-state index contributed by atoms with van der Waals surface area (Å²) >= 11 is 0. The van der Waals surface area contributed by atoms with Crippen LogP contribution >= 0.6 is 0 Å². The summed E-state index contributed by atoms with van der Waals surface area (Å²) in [6, 6.07) is 0. The van der Waals surface area contributed by atoms with E-state index in [0.717, 1.165) is 6.08 Å². The average Bonchev–Trinajstić information content (AvgIpc) is 2.16. The van der Waals surface area contributed by atoms with Crippen molar-refractivity contribution in [3.8, 4) is 0 Å². The molecule has 0 aromatic heterocycles. The Morgan fingerprint density at radius 1 is 1.60 bits per heavy atom. The molecule has 0 radical (unpaired) electrons. The van der Waals surface area contributed by atoms with E-state index in [1.807, 2.05) is 6.92 Å². The van der Waals surface area contributed by atoms with Gasteiger partial charge in [0.2, 0.25) is 0 Å². The van der Waals surface area contributed by atoms with Crippen LogP contribution in [0, 0.1) is 11.8 Å². The molecule has 84 valence electrons. The molecule has 0 aromatic carbocycles. The fraction of sp³-hybridized carbons (Fsp3) is 0.636. The lowest BCUT2D eigenvalue weighted by atomic mass is 9.80. The summed E-state index contributed by atoms with van der Waals surface area (Å²) < 4.78 is 4.87. The standard InChI is InChI=1S/C11H16O4/c1-3-7-5-8(12)6-9(13)10(7)11(14)15-4-2/h6-7,10,13H,3-5H2,1-2H3. The fourth-order valence-corrected chi connectivity index (χ4v) is 1.86. The van der Waals surface area contributed by atoms with Gasteiger partial charge in [0.05, 0.1) is 6.61 Å². The first-order valence-electron chi connectivity index (χ1n) is 5.20. The van der Waals surface area contributed by atoms with Gasteiger partial charge in [0.15, 0.2) is 5.78 Å². The summed E-state index contributed by atoms with van der Waals surface area (Å²) in [5.41, 5.74) is 0. The molecule has 4 heteroatoms. The largest absolute Gasteiger partial charge is 0.511 e. The predicted octanol–water partition coefficient (Wildman–Crippen LogP) is 1.61. The van der Waals surface area contributed by atoms with E-state index in [-0.39, 0.29) is 24.1 Å². The molecule has 0 saturated carbocycles. The number of rotatable bonds is 3. The molecule has 2 atom stereocenters. The van der Waals surface area contributed by atoms with Crippen LogP contribution in [0.2, 0.25) is 0 Å². The second-order valence-corrected chi connectivity index (χ2v) is 3.64. The van der Waals surface area contributed by atoms with Crippen molar-refractivity contribution in [3.63, 3.8) is 0 Å². The van der Waals surface area contributed by atoms with Gasteiger partial charge in [-0.25, -0.2) is 0 Å². The van der Waals surface area contributed by atoms with Gasteiger partial charge >= 0.3 is 5.97 Å². The van der Waals surface area contributed by atoms with Crippen LogP contribution in [-0.4, -0.2) is 23.5 Å². The number of aliphatic hydroxyl groups is 1. The minimum Gasteiger partial charge on any atom is -0.511 e. The quantitative estimate of drug-likeness (QED) is 0.722. The molecular weight excluding hydrogens is 196 g/mol. The second-order valence-electron chi connectivity index (χ2n) is 3.64. The molecule has 0 aliphatic heterocycles. The summed E-state index contributed by atoms with van der Waals surface area (Å²) in [5.74, 6) is -1.52. The molecule has 2 unspecified atom stereocenters. The fourth-order valence-electron chi connectivity index (χ4n) is 1.86. The third-order valence-corrected chi connectivity index (χ3v) is 2.63. The van der Waals surface area contributed by atoms with Gasteiger partial charge in [0.25, 0.3) is 0 Å². The predicted molar refractivity (Wildman–Crippen MR) is 54.2 cm³/mol. The van der Waals surface area contributed by atoms with Gasteiger partial charge in [-0.3, -0.25) is 9.59 Å². The van der Waals surface area contributed by atoms with Gasteiger partial charge in [0.1, 0.15) is 11.7 Å². The molecule has 1 aliphatic carbocycles. The lowest BCUT2D eigenvalue weighted by Gasteiger charge is -2.26. The summed E-state index contributed by atoms with van der Waals surface area (Å²) in [4.78, 5) is 22.7. The second kappa shape index (κ2) is 4.96. The number of esters is 1. The molecule has 1 N–H and O–H groups in total. The number of carbonyl (C=O) groups excluding carboxylic acids is 2. The highest BCUT2D eigenvalue weighted by Crippen LogP contribution is 2.31. The van der Waals surface area contributed by atoms with Crippen molar-refractivity contribution >= 4 is 11.8 Å². The minimum absolute atomic E-state index is 0.125. The molecular formula is C11H16O4. The van der Waals surface area contributed by atoms with E-state index in [1.165, 1.54) is 0 Å². The third-order valence-electron chi connectivity index (χ3n) is 2.63. The van der Waals surface area contributed by atoms with E-state index >= 15 is 0 Å². The Hall–Kier alpha value is -1.32. The van der Waals surface area contributed by atoms with Crippen LogP contribution in [0.3, 0.4) is 0 Å². The first kappa shape index (κ1) is 11.8. The Kier molecular flexibility index (Phi) is 3.88. The number of ether oxygens (including phenoxy) is 1. The number of hydrogen-bond acceptors (Lipinski definition) is 4. The van der Waals surface area contributed by atoms with Gasteiger partial charge in [0, 0.05) is 12.5 Å². The van der Waals surface area contributed by atoms with E-state index in [4.69, 9.17) is 4.74 Å². The van der Waals surface area contributed by atoms with Crippen LogP contribution in [0.15, 0.2) is 11.8 Å². The third kappa shape index (κ3) is 2.58. The van der Waals surface area contributed by atoms with Gasteiger partial charge in [-0.05, 0) is 12.8 Å². The van der Waals surface area contributed by atoms with Crippen LogP contribution in [0.25, 0.3) is 0 Å². The van der Waals surface area contributed by atoms with Gasteiger partial charge in [-0.1, -0.05) is 13.3 Å². The number of carbonyl (C=O) groups is 2. The molecule has 15 heavy (non-hydrogen) atoms. The highest BCUT2D eigenvalue weighted by Gasteiger charge is 2.36. The number of hydrogen-bond donors (Lipinski definition) is 1. The molecule has 0 aromatic rings. The first-order chi connectivity index (χ1) is 7.10. The zero-order valence-electron chi connectivity index (χ0n) is 9.03. The van der Waals surface area contributed by atoms with Crippen LogP contribution < -0.4 is 0 Å². The Bertz CT molecular complexity index is 293. The Labute approximate surface area is 88.9 Å². The van der Waals surface area contributed by atoms with E-state index in [1.54, 1.807) is 6.92 Å². The van der Waals surface area contributed by atoms with Gasteiger partial charge < -0.3 is 9.84 Å². The Morgan fingerprint density at radius 2 is 2.27 bits per heavy atom. The lowest BCUT2D eigenvalue weighted by molar-refractivity contribution is -0.150. The van der Waals surface area contributed by atoms with E-state index in [9.17, 15) is 14.7 Å². The topological polar surface area (TPSA) is 63.6 Å². The highest BCUT2D eigenvalue weighted by molar-refractivity contribution is 5.93. The molecule has 4 nitrogen and oxygen atoms in total. The van der Waals surface area contributed by atoms with Crippen molar-refractivity contribution in [2.45, 2.75) is 26.7 Å². The van der Waals surface area contributed by atoms with Crippen molar-refractivity contribution in [2.75, 3.05) is 6.61 Å². The number of allylic oxidation sites excluding steroid dienone is 1. The molecule has 0 fully saturated rings. The van der Waals surface area contributed by atoms with Crippen molar-refractivity contribution in [2.24, 2.45) is 11.8 Å². The molecule has 0 bridgehead atoms. The van der Waals surface area contributed by atoms with Crippen molar-refractivity contribution < 1.29 is 19.4 Å². The highest BCUT2D eigenvalue weighted by atomic mass is 16.5. The summed E-state index contributed by atoms with van der Waals surface area (Å²) in [6.45, 7) is 3.89. The minimum atomic E-state index is -0.660. The lowest BCUT2D eigenvalue weighted by Crippen LogP contribution is -2.32.